The van der Waals surface area contributed by atoms with E-state index in [9.17, 15) is 0 Å². The van der Waals surface area contributed by atoms with E-state index in [-0.39, 0.29) is 0 Å². The van der Waals surface area contributed by atoms with Gasteiger partial charge in [0.15, 0.2) is 6.10 Å². The zero-order valence-corrected chi connectivity index (χ0v) is 9.63. The van der Waals surface area contributed by atoms with Crippen LogP contribution in [0.1, 0.15) is 6.92 Å². The molecular weight excluding hydrogens is 210 g/mol. The first-order valence-electron chi connectivity index (χ1n) is 5.51. The molecule has 0 unspecified atom stereocenters. The summed E-state index contributed by atoms with van der Waals surface area (Å²) in [5.74, 6) is 0.723. The Bertz CT molecular complexity index is 528. The summed E-state index contributed by atoms with van der Waals surface area (Å²) in [5.41, 5.74) is 2.23. The van der Waals surface area contributed by atoms with Crippen LogP contribution in [0.15, 0.2) is 54.6 Å². The second kappa shape index (κ2) is 5.18. The van der Waals surface area contributed by atoms with E-state index in [4.69, 9.17) is 10.00 Å². The first-order chi connectivity index (χ1) is 8.29. The third kappa shape index (κ3) is 2.85. The van der Waals surface area contributed by atoms with E-state index in [1.807, 2.05) is 54.6 Å². The molecule has 2 heteroatoms. The normalized spacial score (nSPS) is 11.5. The molecule has 0 heterocycles. The lowest BCUT2D eigenvalue weighted by Gasteiger charge is -2.09. The molecule has 2 rings (SSSR count). The lowest BCUT2D eigenvalue weighted by atomic mass is 10.1. The van der Waals surface area contributed by atoms with Gasteiger partial charge in [-0.2, -0.15) is 5.26 Å². The average molecular weight is 223 g/mol. The maximum Gasteiger partial charge on any atom is 0.181 e. The molecule has 0 radical (unpaired) electrons. The minimum atomic E-state index is -0.430. The molecule has 2 nitrogen and oxygen atoms in total. The van der Waals surface area contributed by atoms with Gasteiger partial charge in [-0.05, 0) is 30.2 Å². The quantitative estimate of drug-likeness (QED) is 0.795. The van der Waals surface area contributed by atoms with Gasteiger partial charge in [-0.3, -0.25) is 0 Å². The summed E-state index contributed by atoms with van der Waals surface area (Å²) in [4.78, 5) is 0. The highest BCUT2D eigenvalue weighted by molar-refractivity contribution is 5.64. The summed E-state index contributed by atoms with van der Waals surface area (Å²) in [6.07, 6.45) is -0.430. The summed E-state index contributed by atoms with van der Waals surface area (Å²) in [5, 5.41) is 8.71. The van der Waals surface area contributed by atoms with Crippen LogP contribution in [0.25, 0.3) is 11.1 Å². The van der Waals surface area contributed by atoms with Crippen molar-refractivity contribution >= 4 is 0 Å². The van der Waals surface area contributed by atoms with Crippen LogP contribution in [0.3, 0.4) is 0 Å². The summed E-state index contributed by atoms with van der Waals surface area (Å²) >= 11 is 0. The predicted octanol–water partition coefficient (Wildman–Crippen LogP) is 3.64. The number of nitriles is 1. The van der Waals surface area contributed by atoms with Gasteiger partial charge in [0.05, 0.1) is 0 Å². The first-order valence-corrected chi connectivity index (χ1v) is 5.51. The van der Waals surface area contributed by atoms with Crippen molar-refractivity contribution in [1.82, 2.24) is 0 Å². The fourth-order valence-corrected chi connectivity index (χ4v) is 1.61. The Balaban J connectivity index is 2.27. The molecule has 0 amide bonds. The SMILES string of the molecule is C[C@@H](C#N)Oc1cccc(-c2ccccc2)c1. The monoisotopic (exact) mass is 223 g/mol. The standard InChI is InChI=1S/C15H13NO/c1-12(11-16)17-15-9-5-8-14(10-15)13-6-3-2-4-7-13/h2-10,12H,1H3/t12-/m0/s1. The van der Waals surface area contributed by atoms with Gasteiger partial charge in [0.1, 0.15) is 11.8 Å². The third-order valence-corrected chi connectivity index (χ3v) is 2.44. The third-order valence-electron chi connectivity index (χ3n) is 2.44. The lowest BCUT2D eigenvalue weighted by molar-refractivity contribution is 0.276. The van der Waals surface area contributed by atoms with Crippen LogP contribution >= 0.6 is 0 Å². The van der Waals surface area contributed by atoms with E-state index in [1.54, 1.807) is 6.92 Å². The van der Waals surface area contributed by atoms with Crippen molar-refractivity contribution in [2.75, 3.05) is 0 Å². The van der Waals surface area contributed by atoms with Crippen LogP contribution in [0, 0.1) is 11.3 Å². The molecule has 0 spiro atoms. The molecule has 0 fully saturated rings. The molecule has 0 saturated carbocycles. The molecule has 0 aliphatic rings. The summed E-state index contributed by atoms with van der Waals surface area (Å²) < 4.78 is 5.46. The highest BCUT2D eigenvalue weighted by atomic mass is 16.5. The Morgan fingerprint density at radius 1 is 1.00 bits per heavy atom. The maximum absolute atomic E-state index is 8.71. The Morgan fingerprint density at radius 2 is 1.71 bits per heavy atom. The maximum atomic E-state index is 8.71. The van der Waals surface area contributed by atoms with Gasteiger partial charge in [-0.1, -0.05) is 42.5 Å². The van der Waals surface area contributed by atoms with Gasteiger partial charge < -0.3 is 4.74 Å². The van der Waals surface area contributed by atoms with Gasteiger partial charge in [0.2, 0.25) is 0 Å². The van der Waals surface area contributed by atoms with Crippen LogP contribution < -0.4 is 4.74 Å². The second-order valence-corrected chi connectivity index (χ2v) is 3.78. The summed E-state index contributed by atoms with van der Waals surface area (Å²) in [7, 11) is 0. The van der Waals surface area contributed by atoms with Crippen molar-refractivity contribution < 1.29 is 4.74 Å². The van der Waals surface area contributed by atoms with Crippen LogP contribution in [0.2, 0.25) is 0 Å². The molecule has 84 valence electrons. The van der Waals surface area contributed by atoms with Crippen molar-refractivity contribution in [3.05, 3.63) is 54.6 Å². The number of ether oxygens (including phenoxy) is 1. The van der Waals surface area contributed by atoms with E-state index < -0.39 is 6.10 Å². The lowest BCUT2D eigenvalue weighted by Crippen LogP contribution is -2.07. The van der Waals surface area contributed by atoms with E-state index in [2.05, 4.69) is 6.07 Å². The van der Waals surface area contributed by atoms with E-state index in [1.165, 1.54) is 0 Å². The van der Waals surface area contributed by atoms with Gasteiger partial charge in [-0.15, -0.1) is 0 Å². The second-order valence-electron chi connectivity index (χ2n) is 3.78. The van der Waals surface area contributed by atoms with Crippen LogP contribution in [-0.4, -0.2) is 6.10 Å². The minimum absolute atomic E-state index is 0.430. The number of hydrogen-bond donors (Lipinski definition) is 0. The van der Waals surface area contributed by atoms with Crippen LogP contribution in [0.5, 0.6) is 5.75 Å². The van der Waals surface area contributed by atoms with E-state index in [0.717, 1.165) is 16.9 Å². The molecule has 0 saturated heterocycles. The number of hydrogen-bond acceptors (Lipinski definition) is 2. The first kappa shape index (κ1) is 11.2. The topological polar surface area (TPSA) is 33.0 Å². The number of benzene rings is 2. The average Bonchev–Trinajstić information content (AvgIpc) is 2.40. The zero-order chi connectivity index (χ0) is 12.1. The van der Waals surface area contributed by atoms with Crippen molar-refractivity contribution in [3.63, 3.8) is 0 Å². The van der Waals surface area contributed by atoms with Gasteiger partial charge in [0, 0.05) is 0 Å². The number of nitrogens with zero attached hydrogens (tertiary/aromatic N) is 1. The van der Waals surface area contributed by atoms with Gasteiger partial charge >= 0.3 is 0 Å². The zero-order valence-electron chi connectivity index (χ0n) is 9.63. The molecule has 0 aliphatic carbocycles. The van der Waals surface area contributed by atoms with E-state index in [0.29, 0.717) is 0 Å². The predicted molar refractivity (Wildman–Crippen MR) is 67.6 cm³/mol. The highest BCUT2D eigenvalue weighted by Crippen LogP contribution is 2.23. The van der Waals surface area contributed by atoms with E-state index >= 15 is 0 Å². The Hall–Kier alpha value is -2.27. The molecule has 0 N–H and O–H groups in total. The van der Waals surface area contributed by atoms with Gasteiger partial charge in [-0.25, -0.2) is 0 Å². The molecule has 17 heavy (non-hydrogen) atoms. The van der Waals surface area contributed by atoms with Crippen LogP contribution in [0.4, 0.5) is 0 Å². The van der Waals surface area contributed by atoms with Gasteiger partial charge in [0.25, 0.3) is 0 Å². The molecule has 0 aliphatic heterocycles. The summed E-state index contributed by atoms with van der Waals surface area (Å²) in [6, 6.07) is 19.9. The molecule has 2 aromatic carbocycles. The molecule has 0 aromatic heterocycles. The van der Waals surface area contributed by atoms with Crippen molar-refractivity contribution in [2.24, 2.45) is 0 Å². The fourth-order valence-electron chi connectivity index (χ4n) is 1.61. The Kier molecular flexibility index (Phi) is 3.42. The Labute approximate surface area is 101 Å². The van der Waals surface area contributed by atoms with Crippen molar-refractivity contribution in [1.29, 1.82) is 5.26 Å². The molecule has 2 aromatic rings. The fraction of sp³-hybridized carbons (Fsp3) is 0.133. The Morgan fingerprint density at radius 3 is 2.41 bits per heavy atom. The van der Waals surface area contributed by atoms with Crippen molar-refractivity contribution in [2.45, 2.75) is 13.0 Å². The molecule has 1 atom stereocenters. The minimum Gasteiger partial charge on any atom is -0.476 e. The highest BCUT2D eigenvalue weighted by Gasteiger charge is 2.03. The number of rotatable bonds is 3. The molecular formula is C15H13NO. The van der Waals surface area contributed by atoms with Crippen LogP contribution in [-0.2, 0) is 0 Å². The largest absolute Gasteiger partial charge is 0.476 e. The van der Waals surface area contributed by atoms with Crippen molar-refractivity contribution in [3.8, 4) is 22.9 Å². The summed E-state index contributed by atoms with van der Waals surface area (Å²) in [6.45, 7) is 1.73. The molecule has 0 bridgehead atoms. The smallest absolute Gasteiger partial charge is 0.181 e.